The van der Waals surface area contributed by atoms with Crippen LogP contribution >= 0.6 is 11.6 Å². The van der Waals surface area contributed by atoms with E-state index in [0.29, 0.717) is 11.6 Å². The molecular weight excluding hydrogens is 278 g/mol. The van der Waals surface area contributed by atoms with Crippen LogP contribution in [0.2, 0.25) is 5.02 Å². The molecule has 0 saturated heterocycles. The molecule has 0 aliphatic carbocycles. The van der Waals surface area contributed by atoms with Gasteiger partial charge < -0.3 is 10.0 Å². The predicted octanol–water partition coefficient (Wildman–Crippen LogP) is 3.03. The highest BCUT2D eigenvalue weighted by Crippen LogP contribution is 2.37. The third-order valence-corrected chi connectivity index (χ3v) is 3.59. The Labute approximate surface area is 122 Å². The molecule has 106 valence electrons. The van der Waals surface area contributed by atoms with Crippen LogP contribution in [0.1, 0.15) is 31.9 Å². The second-order valence-electron chi connectivity index (χ2n) is 4.77. The first-order valence-electron chi connectivity index (χ1n) is 6.47. The van der Waals surface area contributed by atoms with Crippen LogP contribution in [0.15, 0.2) is 35.6 Å². The quantitative estimate of drug-likeness (QED) is 0.928. The van der Waals surface area contributed by atoms with E-state index in [4.69, 9.17) is 11.6 Å². The zero-order valence-corrected chi connectivity index (χ0v) is 12.1. The van der Waals surface area contributed by atoms with Gasteiger partial charge >= 0.3 is 0 Å². The molecule has 1 N–H and O–H groups in total. The average Bonchev–Trinajstić information content (AvgIpc) is 2.65. The molecule has 1 aromatic rings. The van der Waals surface area contributed by atoms with Crippen molar-refractivity contribution in [2.24, 2.45) is 0 Å². The molecule has 0 fully saturated rings. The van der Waals surface area contributed by atoms with Gasteiger partial charge in [-0.15, -0.1) is 0 Å². The zero-order valence-electron chi connectivity index (χ0n) is 11.4. The summed E-state index contributed by atoms with van der Waals surface area (Å²) in [4.78, 5) is 25.4. The normalized spacial score (nSPS) is 18.9. The molecule has 1 amide bonds. The number of ketones is 1. The molecule has 1 aromatic carbocycles. The van der Waals surface area contributed by atoms with Crippen molar-refractivity contribution in [1.82, 2.24) is 4.90 Å². The summed E-state index contributed by atoms with van der Waals surface area (Å²) in [7, 11) is 0. The Hall–Kier alpha value is -1.81. The van der Waals surface area contributed by atoms with E-state index in [-0.39, 0.29) is 11.4 Å². The summed E-state index contributed by atoms with van der Waals surface area (Å²) in [6, 6.07) is 6.42. The van der Waals surface area contributed by atoms with Gasteiger partial charge in [0.2, 0.25) is 0 Å². The number of benzene rings is 1. The van der Waals surface area contributed by atoms with Gasteiger partial charge in [-0.2, -0.15) is 0 Å². The van der Waals surface area contributed by atoms with Crippen LogP contribution in [0.5, 0.6) is 0 Å². The van der Waals surface area contributed by atoms with E-state index in [1.807, 2.05) is 6.92 Å². The third-order valence-electron chi connectivity index (χ3n) is 3.33. The monoisotopic (exact) mass is 293 g/mol. The Morgan fingerprint density at radius 3 is 2.45 bits per heavy atom. The van der Waals surface area contributed by atoms with Crippen LogP contribution < -0.4 is 0 Å². The van der Waals surface area contributed by atoms with E-state index in [1.165, 1.54) is 11.8 Å². The van der Waals surface area contributed by atoms with Crippen molar-refractivity contribution in [3.8, 4) is 0 Å². The highest BCUT2D eigenvalue weighted by atomic mass is 35.5. The number of amides is 1. The smallest absolute Gasteiger partial charge is 0.290 e. The molecule has 1 heterocycles. The maximum Gasteiger partial charge on any atom is 0.290 e. The molecule has 5 heteroatoms. The second-order valence-corrected chi connectivity index (χ2v) is 5.21. The highest BCUT2D eigenvalue weighted by molar-refractivity contribution is 6.30. The SMILES string of the molecule is CCCN1C(=O)C(O)=C(C(C)=O)C1c1ccc(Cl)cc1. The Bertz CT molecular complexity index is 577. The van der Waals surface area contributed by atoms with Gasteiger partial charge in [0.1, 0.15) is 0 Å². The molecule has 0 radical (unpaired) electrons. The lowest BCUT2D eigenvalue weighted by atomic mass is 9.97. The number of aliphatic hydroxyl groups excluding tert-OH is 1. The van der Waals surface area contributed by atoms with Crippen LogP contribution in [-0.2, 0) is 9.59 Å². The Morgan fingerprint density at radius 1 is 1.35 bits per heavy atom. The van der Waals surface area contributed by atoms with Crippen molar-refractivity contribution in [3.63, 3.8) is 0 Å². The van der Waals surface area contributed by atoms with Gasteiger partial charge in [0, 0.05) is 11.6 Å². The summed E-state index contributed by atoms with van der Waals surface area (Å²) in [5, 5.41) is 10.5. The summed E-state index contributed by atoms with van der Waals surface area (Å²) in [5.74, 6) is -1.22. The lowest BCUT2D eigenvalue weighted by Crippen LogP contribution is -2.31. The molecule has 0 saturated carbocycles. The molecule has 1 atom stereocenters. The maximum absolute atomic E-state index is 12.1. The minimum Gasteiger partial charge on any atom is -0.503 e. The Kier molecular flexibility index (Phi) is 4.14. The molecule has 20 heavy (non-hydrogen) atoms. The largest absolute Gasteiger partial charge is 0.503 e. The van der Waals surface area contributed by atoms with Gasteiger partial charge in [0.05, 0.1) is 11.6 Å². The fraction of sp³-hybridized carbons (Fsp3) is 0.333. The molecule has 4 nitrogen and oxygen atoms in total. The maximum atomic E-state index is 12.1. The topological polar surface area (TPSA) is 57.6 Å². The zero-order chi connectivity index (χ0) is 14.9. The van der Waals surface area contributed by atoms with Gasteiger partial charge in [-0.25, -0.2) is 0 Å². The standard InChI is InChI=1S/C15H16ClNO3/c1-3-8-17-13(10-4-6-11(16)7-5-10)12(9(2)18)14(19)15(17)20/h4-7,13,19H,3,8H2,1-2H3. The second kappa shape index (κ2) is 5.67. The Morgan fingerprint density at radius 2 is 1.95 bits per heavy atom. The summed E-state index contributed by atoms with van der Waals surface area (Å²) in [6.07, 6.45) is 0.744. The summed E-state index contributed by atoms with van der Waals surface area (Å²) < 4.78 is 0. The molecule has 1 aliphatic heterocycles. The van der Waals surface area contributed by atoms with Gasteiger partial charge in [0.25, 0.3) is 5.91 Å². The molecule has 1 unspecified atom stereocenters. The van der Waals surface area contributed by atoms with Crippen LogP contribution in [0.25, 0.3) is 0 Å². The average molecular weight is 294 g/mol. The molecule has 1 aliphatic rings. The molecule has 2 rings (SSSR count). The van der Waals surface area contributed by atoms with Gasteiger partial charge in [-0.1, -0.05) is 30.7 Å². The lowest BCUT2D eigenvalue weighted by Gasteiger charge is -2.26. The van der Waals surface area contributed by atoms with E-state index in [9.17, 15) is 14.7 Å². The van der Waals surface area contributed by atoms with E-state index in [0.717, 1.165) is 12.0 Å². The van der Waals surface area contributed by atoms with Gasteiger partial charge in [-0.3, -0.25) is 9.59 Å². The van der Waals surface area contributed by atoms with Crippen LogP contribution in [0, 0.1) is 0 Å². The number of carbonyl (C=O) groups is 2. The number of aliphatic hydroxyl groups is 1. The van der Waals surface area contributed by atoms with Gasteiger partial charge in [0.15, 0.2) is 11.5 Å². The summed E-state index contributed by atoms with van der Waals surface area (Å²) >= 11 is 5.86. The minimum absolute atomic E-state index is 0.158. The first-order valence-corrected chi connectivity index (χ1v) is 6.85. The van der Waals surface area contributed by atoms with Crippen molar-refractivity contribution in [2.75, 3.05) is 6.54 Å². The summed E-state index contributed by atoms with van der Waals surface area (Å²) in [5.41, 5.74) is 0.927. The number of hydrogen-bond acceptors (Lipinski definition) is 3. The van der Waals surface area contributed by atoms with Crippen molar-refractivity contribution in [2.45, 2.75) is 26.3 Å². The first-order chi connectivity index (χ1) is 9.47. The fourth-order valence-corrected chi connectivity index (χ4v) is 2.60. The van der Waals surface area contributed by atoms with Crippen molar-refractivity contribution >= 4 is 23.3 Å². The predicted molar refractivity (Wildman–Crippen MR) is 76.5 cm³/mol. The van der Waals surface area contributed by atoms with Crippen molar-refractivity contribution in [3.05, 3.63) is 46.2 Å². The van der Waals surface area contributed by atoms with Gasteiger partial charge in [-0.05, 0) is 31.0 Å². The van der Waals surface area contributed by atoms with E-state index in [2.05, 4.69) is 0 Å². The lowest BCUT2D eigenvalue weighted by molar-refractivity contribution is -0.129. The summed E-state index contributed by atoms with van der Waals surface area (Å²) in [6.45, 7) is 3.78. The van der Waals surface area contributed by atoms with Crippen molar-refractivity contribution < 1.29 is 14.7 Å². The highest BCUT2D eigenvalue weighted by Gasteiger charge is 2.41. The van der Waals surface area contributed by atoms with Crippen molar-refractivity contribution in [1.29, 1.82) is 0 Å². The third kappa shape index (κ3) is 2.43. The first kappa shape index (κ1) is 14.6. The molecule has 0 spiro atoms. The fourth-order valence-electron chi connectivity index (χ4n) is 2.48. The molecule has 0 bridgehead atoms. The Balaban J connectivity index is 2.51. The number of hydrogen-bond donors (Lipinski definition) is 1. The van der Waals surface area contributed by atoms with Crippen LogP contribution in [-0.4, -0.2) is 28.2 Å². The van der Waals surface area contributed by atoms with Crippen LogP contribution in [0.4, 0.5) is 0 Å². The number of carbonyl (C=O) groups excluding carboxylic acids is 2. The molecular formula is C15H16ClNO3. The number of rotatable bonds is 4. The van der Waals surface area contributed by atoms with E-state index in [1.54, 1.807) is 24.3 Å². The number of halogens is 1. The van der Waals surface area contributed by atoms with E-state index >= 15 is 0 Å². The van der Waals surface area contributed by atoms with Crippen LogP contribution in [0.3, 0.4) is 0 Å². The van der Waals surface area contributed by atoms with E-state index < -0.39 is 17.7 Å². The molecule has 0 aromatic heterocycles. The minimum atomic E-state index is -0.530. The number of Topliss-reactive ketones (excluding diaryl/α,β-unsaturated/α-hetero) is 1. The number of nitrogens with zero attached hydrogens (tertiary/aromatic N) is 1.